The summed E-state index contributed by atoms with van der Waals surface area (Å²) in [6.07, 6.45) is 11.2. The van der Waals surface area contributed by atoms with Crippen molar-refractivity contribution < 1.29 is 51.0 Å². The van der Waals surface area contributed by atoms with Gasteiger partial charge < -0.3 is 24.8 Å². The van der Waals surface area contributed by atoms with Crippen molar-refractivity contribution in [2.75, 3.05) is 0 Å². The number of allylic oxidation sites excluding steroid dienone is 2. The summed E-state index contributed by atoms with van der Waals surface area (Å²) in [6.45, 7) is 0. The number of fused-ring (bicyclic) bond motifs is 3. The van der Waals surface area contributed by atoms with Crippen molar-refractivity contribution in [2.24, 2.45) is 0 Å². The second-order valence-electron chi connectivity index (χ2n) is 8.07. The van der Waals surface area contributed by atoms with Crippen molar-refractivity contribution in [3.63, 3.8) is 0 Å². The summed E-state index contributed by atoms with van der Waals surface area (Å²) in [6, 6.07) is 32.4. The summed E-state index contributed by atoms with van der Waals surface area (Å²) >= 11 is 4.25. The van der Waals surface area contributed by atoms with Crippen LogP contribution in [0.5, 0.6) is 0 Å². The largest absolute Gasteiger partial charge is 4.00 e. The van der Waals surface area contributed by atoms with Crippen LogP contribution in [0.25, 0.3) is 12.2 Å². The molecule has 0 aromatic heterocycles. The minimum absolute atomic E-state index is 0. The zero-order chi connectivity index (χ0) is 21.5. The molecule has 0 radical (unpaired) electrons. The van der Waals surface area contributed by atoms with Gasteiger partial charge in [0.25, 0.3) is 0 Å². The molecule has 35 heavy (non-hydrogen) atoms. The molecule has 5 heteroatoms. The Morgan fingerprint density at radius 2 is 1.34 bits per heavy atom. The molecule has 0 N–H and O–H groups in total. The van der Waals surface area contributed by atoms with Crippen molar-refractivity contribution >= 4 is 46.5 Å². The molecule has 4 aliphatic rings. The van der Waals surface area contributed by atoms with Gasteiger partial charge in [-0.2, -0.15) is 11.1 Å². The fourth-order valence-corrected chi connectivity index (χ4v) is 6.38. The van der Waals surface area contributed by atoms with Crippen LogP contribution in [0.15, 0.2) is 101 Å². The molecule has 6 bridgehead atoms. The average Bonchev–Trinajstić information content (AvgIpc) is 3.48. The molecule has 0 saturated carbocycles. The van der Waals surface area contributed by atoms with Gasteiger partial charge >= 0.3 is 26.2 Å². The van der Waals surface area contributed by atoms with E-state index in [4.69, 9.17) is 0 Å². The zero-order valence-electron chi connectivity index (χ0n) is 18.5. The van der Waals surface area contributed by atoms with Gasteiger partial charge in [0.2, 0.25) is 0 Å². The summed E-state index contributed by atoms with van der Waals surface area (Å²) in [7, 11) is 0. The van der Waals surface area contributed by atoms with E-state index in [0.29, 0.717) is 11.8 Å². The Hall–Kier alpha value is -1.10. The van der Waals surface area contributed by atoms with Gasteiger partial charge in [0.1, 0.15) is 0 Å². The van der Waals surface area contributed by atoms with Crippen molar-refractivity contribution in [3.05, 3.63) is 140 Å². The average molecular weight is 701 g/mol. The fourth-order valence-electron chi connectivity index (χ4n) is 4.59. The van der Waals surface area contributed by atoms with Gasteiger partial charge in [0.15, 0.2) is 0 Å². The predicted octanol–water partition coefficient (Wildman–Crippen LogP) is 2.37. The van der Waals surface area contributed by atoms with Crippen LogP contribution in [-0.4, -0.2) is 0 Å². The van der Waals surface area contributed by atoms with Crippen LogP contribution in [-0.2, 0) is 26.2 Å². The Labute approximate surface area is 256 Å². The molecule has 0 amide bonds. The zero-order valence-corrected chi connectivity index (χ0v) is 25.5. The Bertz CT molecular complexity index is 1370. The maximum absolute atomic E-state index is 3.47. The second kappa shape index (κ2) is 12.4. The van der Waals surface area contributed by atoms with E-state index in [1.54, 1.807) is 0 Å². The van der Waals surface area contributed by atoms with E-state index in [1.807, 2.05) is 11.8 Å². The molecule has 8 rings (SSSR count). The first-order valence-corrected chi connectivity index (χ1v) is 12.6. The van der Waals surface area contributed by atoms with E-state index >= 15 is 0 Å². The van der Waals surface area contributed by atoms with E-state index in [0.717, 1.165) is 0 Å². The van der Waals surface area contributed by atoms with Gasteiger partial charge in [-0.1, -0.05) is 101 Å². The Morgan fingerprint density at radius 1 is 0.657 bits per heavy atom. The summed E-state index contributed by atoms with van der Waals surface area (Å²) in [5.41, 5.74) is 8.13. The monoisotopic (exact) mass is 698 g/mol. The Balaban J connectivity index is 0.000000180. The quantitative estimate of drug-likeness (QED) is 0.217. The van der Waals surface area contributed by atoms with Crippen LogP contribution in [0.4, 0.5) is 0 Å². The summed E-state index contributed by atoms with van der Waals surface area (Å²) < 4.78 is 1.32. The number of benzene rings is 4. The van der Waals surface area contributed by atoms with Crippen LogP contribution < -0.4 is 24.8 Å². The fraction of sp³-hybridized carbons (Fsp3) is 0.0667. The van der Waals surface area contributed by atoms with Crippen LogP contribution in [0.3, 0.4) is 0 Å². The third-order valence-electron chi connectivity index (χ3n) is 6.16. The standard InChI is InChI=1S/C15H10I.C15H9S.2ClH.Zr/c16-14-8-4-7-12-9-10-13(15(12)14)11-5-2-1-3-6-11;1-2-13-12-8-9-14(13)15(3-1)16-11-6-4-10(12)5-7-11;;;/h1-9,13H;1-7,9,12H;2*1H;/q2*-1;;;+4/p-2. The molecule has 0 fully saturated rings. The van der Waals surface area contributed by atoms with Crippen molar-refractivity contribution in [3.8, 4) is 0 Å². The molecule has 0 saturated heterocycles. The van der Waals surface area contributed by atoms with E-state index in [-0.39, 0.29) is 51.0 Å². The molecule has 2 aliphatic carbocycles. The van der Waals surface area contributed by atoms with Crippen LogP contribution in [0.2, 0.25) is 0 Å². The SMILES string of the molecule is Ic1cccc2c1C(c1ccccc1)[C-]=C2.[C-]1=Cc2c3cccc2C1c1ccc(cc1)S3.[Cl-].[Cl-].[Zr+4]. The minimum atomic E-state index is 0. The van der Waals surface area contributed by atoms with Gasteiger partial charge in [-0.25, -0.2) is 12.2 Å². The molecule has 0 spiro atoms. The Kier molecular flexibility index (Phi) is 10.1. The van der Waals surface area contributed by atoms with E-state index < -0.39 is 0 Å². The predicted molar refractivity (Wildman–Crippen MR) is 142 cm³/mol. The van der Waals surface area contributed by atoms with E-state index in [2.05, 4.69) is 138 Å². The van der Waals surface area contributed by atoms with Gasteiger partial charge in [0.05, 0.1) is 0 Å². The first-order valence-electron chi connectivity index (χ1n) is 10.7. The van der Waals surface area contributed by atoms with Crippen LogP contribution in [0.1, 0.15) is 45.2 Å². The number of hydrogen-bond acceptors (Lipinski definition) is 1. The van der Waals surface area contributed by atoms with E-state index in [9.17, 15) is 0 Å². The minimum Gasteiger partial charge on any atom is -1.00 e. The van der Waals surface area contributed by atoms with Gasteiger partial charge in [-0.3, -0.25) is 12.2 Å². The number of halogens is 3. The topological polar surface area (TPSA) is 0 Å². The first kappa shape index (κ1) is 28.5. The third kappa shape index (κ3) is 5.60. The summed E-state index contributed by atoms with van der Waals surface area (Å²) in [5.74, 6) is 0.645. The molecule has 4 aromatic rings. The van der Waals surface area contributed by atoms with Crippen molar-refractivity contribution in [2.45, 2.75) is 21.6 Å². The van der Waals surface area contributed by atoms with Gasteiger partial charge in [0, 0.05) is 4.90 Å². The number of rotatable bonds is 1. The molecule has 2 atom stereocenters. The van der Waals surface area contributed by atoms with Gasteiger partial charge in [-0.05, 0) is 38.3 Å². The number of hydrogen-bond donors (Lipinski definition) is 0. The molecule has 2 aliphatic heterocycles. The molecular weight excluding hydrogens is 681 g/mol. The molecule has 170 valence electrons. The molecule has 2 heterocycles. The summed E-state index contributed by atoms with van der Waals surface area (Å²) in [4.78, 5) is 2.66. The molecular formula is C30H19Cl2ISZr. The third-order valence-corrected chi connectivity index (χ3v) is 8.18. The molecule has 0 nitrogen and oxygen atoms in total. The van der Waals surface area contributed by atoms with Gasteiger partial charge in [-0.15, -0.1) is 29.0 Å². The smallest absolute Gasteiger partial charge is 1.00 e. The van der Waals surface area contributed by atoms with Crippen LogP contribution >= 0.6 is 34.4 Å². The normalized spacial score (nSPS) is 16.8. The maximum atomic E-state index is 3.47. The molecule has 4 aromatic carbocycles. The summed E-state index contributed by atoms with van der Waals surface area (Å²) in [5, 5.41) is 0. The maximum Gasteiger partial charge on any atom is 4.00 e. The van der Waals surface area contributed by atoms with Crippen LogP contribution in [0, 0.1) is 15.7 Å². The van der Waals surface area contributed by atoms with Crippen molar-refractivity contribution in [1.82, 2.24) is 0 Å². The first-order chi connectivity index (χ1) is 15.8. The van der Waals surface area contributed by atoms with E-state index in [1.165, 1.54) is 46.7 Å². The van der Waals surface area contributed by atoms with Crippen molar-refractivity contribution in [1.29, 1.82) is 0 Å². The Morgan fingerprint density at radius 3 is 2.11 bits per heavy atom. The molecule has 2 unspecified atom stereocenters. The second-order valence-corrected chi connectivity index (χ2v) is 10.3.